The van der Waals surface area contributed by atoms with Gasteiger partial charge in [-0.1, -0.05) is 30.3 Å². The van der Waals surface area contributed by atoms with Gasteiger partial charge in [-0.3, -0.25) is 4.79 Å². The molecule has 3 nitrogen and oxygen atoms in total. The Hall–Kier alpha value is -1.61. The van der Waals surface area contributed by atoms with Gasteiger partial charge < -0.3 is 4.74 Å². The summed E-state index contributed by atoms with van der Waals surface area (Å²) in [5, 5.41) is -0.698. The lowest BCUT2D eigenvalue weighted by atomic mass is 10.2. The van der Waals surface area contributed by atoms with Crippen molar-refractivity contribution < 1.29 is 14.3 Å². The molecule has 1 rings (SSSR count). The van der Waals surface area contributed by atoms with Gasteiger partial charge in [0.25, 0.3) is 5.24 Å². The summed E-state index contributed by atoms with van der Waals surface area (Å²) in [5.41, 5.74) is 0.881. The molecule has 1 aromatic carbocycles. The molecular weight excluding hydrogens is 216 g/mol. The smallest absolute Gasteiger partial charge is 0.331 e. The molecule has 0 aromatic heterocycles. The van der Waals surface area contributed by atoms with Crippen LogP contribution in [0.5, 0.6) is 0 Å². The number of hydrogen-bond acceptors (Lipinski definition) is 3. The third kappa shape index (κ3) is 4.98. The Morgan fingerprint density at radius 1 is 1.27 bits per heavy atom. The second-order valence-electron chi connectivity index (χ2n) is 2.71. The first-order valence-electron chi connectivity index (χ1n) is 4.26. The largest absolute Gasteiger partial charge is 0.453 e. The molecule has 0 aliphatic heterocycles. The highest BCUT2D eigenvalue weighted by molar-refractivity contribution is 6.64. The first kappa shape index (κ1) is 11.5. The maximum atomic E-state index is 11.0. The van der Waals surface area contributed by atoms with Crippen molar-refractivity contribution in [3.63, 3.8) is 0 Å². The zero-order chi connectivity index (χ0) is 11.1. The number of carbonyl (C=O) groups excluding carboxylic acids is 2. The summed E-state index contributed by atoms with van der Waals surface area (Å²) >= 11 is 5.00. The minimum atomic E-state index is -0.698. The second-order valence-corrected chi connectivity index (χ2v) is 3.13. The van der Waals surface area contributed by atoms with Crippen molar-refractivity contribution in [3.8, 4) is 0 Å². The van der Waals surface area contributed by atoms with E-state index < -0.39 is 17.8 Å². The standard InChI is InChI=1S/C11H9ClO3/c12-10(13)8-15-11(14)7-6-9-4-2-1-3-5-9/h1-7H,8H2/b7-6+. The fourth-order valence-corrected chi connectivity index (χ4v) is 0.959. The second kappa shape index (κ2) is 5.98. The number of rotatable bonds is 4. The topological polar surface area (TPSA) is 43.4 Å². The van der Waals surface area contributed by atoms with Crippen molar-refractivity contribution in [1.29, 1.82) is 0 Å². The maximum absolute atomic E-state index is 11.0. The SMILES string of the molecule is O=C(Cl)COC(=O)/C=C/c1ccccc1. The Kier molecular flexibility index (Phi) is 4.57. The normalized spacial score (nSPS) is 10.2. The first-order chi connectivity index (χ1) is 7.18. The lowest BCUT2D eigenvalue weighted by Gasteiger charge is -1.95. The van der Waals surface area contributed by atoms with E-state index in [1.807, 2.05) is 30.3 Å². The molecule has 0 aliphatic rings. The molecule has 0 radical (unpaired) electrons. The highest BCUT2D eigenvalue weighted by Gasteiger charge is 2.00. The van der Waals surface area contributed by atoms with Crippen LogP contribution in [0.4, 0.5) is 0 Å². The van der Waals surface area contributed by atoms with Crippen molar-refractivity contribution in [1.82, 2.24) is 0 Å². The fraction of sp³-hybridized carbons (Fsp3) is 0.0909. The molecule has 0 atom stereocenters. The lowest BCUT2D eigenvalue weighted by Crippen LogP contribution is -2.06. The van der Waals surface area contributed by atoms with E-state index in [0.717, 1.165) is 5.56 Å². The average molecular weight is 225 g/mol. The van der Waals surface area contributed by atoms with Gasteiger partial charge in [0.15, 0.2) is 6.61 Å². The summed E-state index contributed by atoms with van der Waals surface area (Å²) < 4.78 is 4.52. The number of ether oxygens (including phenoxy) is 1. The molecule has 0 N–H and O–H groups in total. The van der Waals surface area contributed by atoms with Crippen LogP contribution in [0.3, 0.4) is 0 Å². The van der Waals surface area contributed by atoms with Crippen LogP contribution in [0.15, 0.2) is 36.4 Å². The van der Waals surface area contributed by atoms with Gasteiger partial charge in [0.05, 0.1) is 0 Å². The van der Waals surface area contributed by atoms with Crippen LogP contribution in [0, 0.1) is 0 Å². The molecule has 0 unspecified atom stereocenters. The number of hydrogen-bond donors (Lipinski definition) is 0. The molecule has 0 bridgehead atoms. The van der Waals surface area contributed by atoms with Gasteiger partial charge >= 0.3 is 5.97 Å². The third-order valence-corrected chi connectivity index (χ3v) is 1.65. The zero-order valence-corrected chi connectivity index (χ0v) is 8.61. The maximum Gasteiger partial charge on any atom is 0.331 e. The van der Waals surface area contributed by atoms with E-state index in [1.54, 1.807) is 6.08 Å². The molecule has 78 valence electrons. The van der Waals surface area contributed by atoms with Crippen molar-refractivity contribution >= 4 is 28.9 Å². The van der Waals surface area contributed by atoms with Crippen LogP contribution < -0.4 is 0 Å². The quantitative estimate of drug-likeness (QED) is 0.446. The Labute approximate surface area is 92.3 Å². The molecule has 0 amide bonds. The van der Waals surface area contributed by atoms with E-state index in [9.17, 15) is 9.59 Å². The van der Waals surface area contributed by atoms with Crippen LogP contribution in [-0.4, -0.2) is 17.8 Å². The Balaban J connectivity index is 2.44. The van der Waals surface area contributed by atoms with E-state index >= 15 is 0 Å². The van der Waals surface area contributed by atoms with Gasteiger partial charge in [0.1, 0.15) is 0 Å². The summed E-state index contributed by atoms with van der Waals surface area (Å²) in [6.07, 6.45) is 2.84. The third-order valence-electron chi connectivity index (χ3n) is 1.54. The molecule has 4 heteroatoms. The molecule has 15 heavy (non-hydrogen) atoms. The van der Waals surface area contributed by atoms with Crippen LogP contribution in [0.2, 0.25) is 0 Å². The molecular formula is C11H9ClO3. The van der Waals surface area contributed by atoms with Crippen molar-refractivity contribution in [2.24, 2.45) is 0 Å². The van der Waals surface area contributed by atoms with Gasteiger partial charge in [-0.2, -0.15) is 0 Å². The molecule has 0 spiro atoms. The van der Waals surface area contributed by atoms with E-state index in [2.05, 4.69) is 4.74 Å². The summed E-state index contributed by atoms with van der Waals surface area (Å²) in [7, 11) is 0. The Bertz CT molecular complexity index is 371. The van der Waals surface area contributed by atoms with Crippen LogP contribution in [0.1, 0.15) is 5.56 Å². The van der Waals surface area contributed by atoms with Gasteiger partial charge in [-0.15, -0.1) is 0 Å². The number of benzene rings is 1. The molecule has 1 aromatic rings. The van der Waals surface area contributed by atoms with Crippen LogP contribution in [0.25, 0.3) is 6.08 Å². The van der Waals surface area contributed by atoms with Crippen molar-refractivity contribution in [2.45, 2.75) is 0 Å². The predicted octanol–water partition coefficient (Wildman–Crippen LogP) is 2.01. The molecule has 0 saturated heterocycles. The van der Waals surface area contributed by atoms with E-state index in [4.69, 9.17) is 11.6 Å². The minimum Gasteiger partial charge on any atom is -0.453 e. The average Bonchev–Trinajstić information content (AvgIpc) is 2.25. The molecule has 0 aliphatic carbocycles. The Morgan fingerprint density at radius 3 is 2.53 bits per heavy atom. The fourth-order valence-electron chi connectivity index (χ4n) is 0.904. The zero-order valence-electron chi connectivity index (χ0n) is 7.85. The molecule has 0 heterocycles. The van der Waals surface area contributed by atoms with E-state index in [0.29, 0.717) is 0 Å². The van der Waals surface area contributed by atoms with Crippen molar-refractivity contribution in [2.75, 3.05) is 6.61 Å². The van der Waals surface area contributed by atoms with Crippen LogP contribution in [-0.2, 0) is 14.3 Å². The summed E-state index contributed by atoms with van der Waals surface area (Å²) in [6, 6.07) is 9.27. The Morgan fingerprint density at radius 2 is 1.93 bits per heavy atom. The van der Waals surface area contributed by atoms with Gasteiger partial charge in [-0.05, 0) is 23.2 Å². The monoisotopic (exact) mass is 224 g/mol. The highest BCUT2D eigenvalue weighted by Crippen LogP contribution is 2.01. The lowest BCUT2D eigenvalue weighted by molar-refractivity contribution is -0.141. The summed E-state index contributed by atoms with van der Waals surface area (Å²) in [5.74, 6) is -0.590. The van der Waals surface area contributed by atoms with Crippen LogP contribution >= 0.6 is 11.6 Å². The van der Waals surface area contributed by atoms with E-state index in [1.165, 1.54) is 6.08 Å². The van der Waals surface area contributed by atoms with Crippen molar-refractivity contribution in [3.05, 3.63) is 42.0 Å². The number of esters is 1. The summed E-state index contributed by atoms with van der Waals surface area (Å²) in [4.78, 5) is 21.3. The van der Waals surface area contributed by atoms with Gasteiger partial charge in [-0.25, -0.2) is 4.79 Å². The summed E-state index contributed by atoms with van der Waals surface area (Å²) in [6.45, 7) is -0.403. The highest BCUT2D eigenvalue weighted by atomic mass is 35.5. The van der Waals surface area contributed by atoms with E-state index in [-0.39, 0.29) is 0 Å². The number of carbonyl (C=O) groups is 2. The molecule has 0 saturated carbocycles. The first-order valence-corrected chi connectivity index (χ1v) is 4.64. The molecule has 0 fully saturated rings. The van der Waals surface area contributed by atoms with Gasteiger partial charge in [0.2, 0.25) is 0 Å². The minimum absolute atomic E-state index is 0.403. The van der Waals surface area contributed by atoms with Gasteiger partial charge in [0, 0.05) is 6.08 Å². The number of halogens is 1. The predicted molar refractivity (Wildman–Crippen MR) is 57.3 cm³/mol.